The van der Waals surface area contributed by atoms with Crippen LogP contribution in [-0.2, 0) is 55.9 Å². The summed E-state index contributed by atoms with van der Waals surface area (Å²) in [6, 6.07) is 13.3. The van der Waals surface area contributed by atoms with E-state index in [1.165, 1.54) is 0 Å². The molecule has 0 spiro atoms. The number of nitrogens with one attached hydrogen (secondary N) is 3. The summed E-state index contributed by atoms with van der Waals surface area (Å²) in [5.74, 6) is -5.69. The molecule has 25 nitrogen and oxygen atoms in total. The Morgan fingerprint density at radius 2 is 1.17 bits per heavy atom. The zero-order valence-corrected chi connectivity index (χ0v) is 50.2. The molecule has 3 aliphatic heterocycles. The Labute approximate surface area is 519 Å². The first-order valence-corrected chi connectivity index (χ1v) is 32.4. The van der Waals surface area contributed by atoms with Crippen molar-refractivity contribution in [1.29, 1.82) is 0 Å². The molecule has 0 bridgehead atoms. The van der Waals surface area contributed by atoms with Crippen LogP contribution in [0, 0.1) is 0 Å². The molecule has 462 valence electrons. The number of aromatic hydroxyl groups is 1. The van der Waals surface area contributed by atoms with Gasteiger partial charge in [0.25, 0.3) is 24.3 Å². The molecule has 41 heteroatoms. The van der Waals surface area contributed by atoms with Gasteiger partial charge in [0.2, 0.25) is 31.8 Å². The molecule has 3 aromatic carbocycles. The van der Waals surface area contributed by atoms with Crippen molar-refractivity contribution in [2.75, 3.05) is 28.0 Å². The zero-order chi connectivity index (χ0) is 62.7. The van der Waals surface area contributed by atoms with Crippen LogP contribution in [0.1, 0.15) is 31.5 Å². The lowest BCUT2D eigenvalue weighted by molar-refractivity contribution is -0.124. The number of hydrogen-bond acceptors (Lipinski definition) is 20. The number of benzene rings is 3. The molecule has 6 heterocycles. The molecular formula is C45H37BCl7F4N9O16S4. The average molecular weight is 1420 g/mol. The molecule has 0 aliphatic carbocycles. The highest BCUT2D eigenvalue weighted by Gasteiger charge is 2.39. The number of amides is 1. The van der Waals surface area contributed by atoms with Crippen LogP contribution < -0.4 is 39.9 Å². The molecule has 86 heavy (non-hydrogen) atoms. The number of sulfonamides is 2. The van der Waals surface area contributed by atoms with E-state index < -0.39 is 143 Å². The number of anilines is 1. The smallest absolute Gasteiger partial charge is 0.450 e. The van der Waals surface area contributed by atoms with Crippen molar-refractivity contribution in [1.82, 2.24) is 34.2 Å². The van der Waals surface area contributed by atoms with Crippen LogP contribution in [0.5, 0.6) is 34.8 Å². The number of halogens is 11. The van der Waals surface area contributed by atoms with Crippen LogP contribution in [0.3, 0.4) is 0 Å². The number of aromatic nitrogens is 5. The number of aromatic amines is 1. The normalized spacial score (nSPS) is 15.6. The fraction of sp³-hybridized carbons (Fsp3) is 0.244. The van der Waals surface area contributed by atoms with Gasteiger partial charge < -0.3 is 19.3 Å². The van der Waals surface area contributed by atoms with Crippen molar-refractivity contribution < 1.29 is 80.1 Å². The van der Waals surface area contributed by atoms with Gasteiger partial charge >= 0.3 is 10.6 Å². The molecule has 2 fully saturated rings. The fourth-order valence-corrected chi connectivity index (χ4v) is 14.2. The van der Waals surface area contributed by atoms with E-state index in [1.54, 1.807) is 35.3 Å². The third-order valence-corrected chi connectivity index (χ3v) is 18.9. The van der Waals surface area contributed by atoms with E-state index in [-0.39, 0.29) is 80.1 Å². The summed E-state index contributed by atoms with van der Waals surface area (Å²) in [4.78, 5) is 55.3. The highest BCUT2D eigenvalue weighted by molar-refractivity contribution is 7.94. The number of ether oxygens (including phenoxy) is 3. The Bertz CT molecular complexity index is 4170. The summed E-state index contributed by atoms with van der Waals surface area (Å²) in [5, 5.41) is 16.3. The quantitative estimate of drug-likeness (QED) is 0.0397. The number of alkyl halides is 4. The molecule has 0 atom stereocenters. The van der Waals surface area contributed by atoms with Crippen molar-refractivity contribution >= 4 is 149 Å². The minimum absolute atomic E-state index is 0. The Hall–Kier alpha value is -5.89. The lowest BCUT2D eigenvalue weighted by atomic mass is 10.1. The maximum absolute atomic E-state index is 13.3. The molecule has 0 radical (unpaired) electrons. The molecule has 2 saturated heterocycles. The number of Topliss-reactive ketones (excluding diaryl/α,β-unsaturated/α-hetero) is 1. The SMILES string of the molecule is C.ClB(Cl)Cl.O=C1CC(=O)N(c2cc(Cl)c(Oc3cc(S(=O)(=O)NC4CS(=O)(=O)C4)c(OCc4ccccc4)cn3)c(Cl)c2)N=C1C(F)F.O=c1[nH]c(=O)n(-c2cc(Cl)c(Oc3cc(S(=O)(=O)NC4CS(=O)(=O)C4)c(O)cn3)c(Cl)c2)nc1C(F)F. The van der Waals surface area contributed by atoms with Gasteiger partial charge in [-0.05, 0) is 29.8 Å². The third kappa shape index (κ3) is 17.5. The number of hydrazone groups is 1. The first-order chi connectivity index (χ1) is 39.6. The Morgan fingerprint density at radius 3 is 1.65 bits per heavy atom. The number of ketones is 1. The van der Waals surface area contributed by atoms with Crippen LogP contribution in [0.2, 0.25) is 20.1 Å². The molecule has 0 saturated carbocycles. The Morgan fingerprint density at radius 1 is 0.709 bits per heavy atom. The van der Waals surface area contributed by atoms with Crippen molar-refractivity contribution in [3.8, 4) is 40.4 Å². The van der Waals surface area contributed by atoms with E-state index in [4.69, 9.17) is 95.0 Å². The van der Waals surface area contributed by atoms with Gasteiger partial charge in [-0.15, -0.1) is 0 Å². The second-order valence-electron chi connectivity index (χ2n) is 17.4. The lowest BCUT2D eigenvalue weighted by Crippen LogP contribution is -2.52. The number of H-pyrrole nitrogens is 1. The largest absolute Gasteiger partial charge is 0.505 e. The van der Waals surface area contributed by atoms with Gasteiger partial charge in [-0.3, -0.25) is 19.4 Å². The zero-order valence-electron chi connectivity index (χ0n) is 41.7. The van der Waals surface area contributed by atoms with Crippen LogP contribution >= 0.6 is 80.8 Å². The molecule has 3 aliphatic rings. The minimum Gasteiger partial charge on any atom is -0.505 e. The maximum atomic E-state index is 13.3. The molecular weight excluding hydrogens is 1390 g/mol. The first-order valence-electron chi connectivity index (χ1n) is 22.9. The van der Waals surface area contributed by atoms with E-state index >= 15 is 0 Å². The van der Waals surface area contributed by atoms with E-state index in [1.807, 2.05) is 0 Å². The minimum atomic E-state index is -4.39. The Kier molecular flexibility index (Phi) is 22.6. The molecule has 6 aromatic rings. The maximum Gasteiger partial charge on any atom is 0.450 e. The number of sulfone groups is 2. The van der Waals surface area contributed by atoms with Gasteiger partial charge in [-0.2, -0.15) is 54.3 Å². The second kappa shape index (κ2) is 28.1. The molecule has 9 rings (SSSR count). The average Bonchev–Trinajstić information content (AvgIpc) is 3.45. The fourth-order valence-electron chi connectivity index (χ4n) is 7.39. The van der Waals surface area contributed by atoms with E-state index in [9.17, 15) is 75.5 Å². The van der Waals surface area contributed by atoms with Crippen molar-refractivity contribution in [3.63, 3.8) is 0 Å². The molecule has 1 amide bonds. The summed E-state index contributed by atoms with van der Waals surface area (Å²) < 4.78 is 172. The number of nitrogens with zero attached hydrogens (tertiary/aromatic N) is 6. The molecule has 0 unspecified atom stereocenters. The second-order valence-corrected chi connectivity index (χ2v) is 28.7. The molecule has 3 aromatic heterocycles. The summed E-state index contributed by atoms with van der Waals surface area (Å²) in [5.41, 5.74) is -4.46. The summed E-state index contributed by atoms with van der Waals surface area (Å²) in [6.45, 7) is -0.0151. The number of carbonyl (C=O) groups is 2. The van der Waals surface area contributed by atoms with Crippen LogP contribution in [0.25, 0.3) is 5.69 Å². The highest BCUT2D eigenvalue weighted by Crippen LogP contribution is 2.42. The van der Waals surface area contributed by atoms with Gasteiger partial charge in [-0.25, -0.2) is 75.4 Å². The Balaban J connectivity index is 0.000000259. The van der Waals surface area contributed by atoms with Crippen LogP contribution in [0.15, 0.2) is 104 Å². The topological polar surface area (TPSA) is 352 Å². The van der Waals surface area contributed by atoms with Gasteiger partial charge in [0.15, 0.2) is 59.9 Å². The molecule has 4 N–H and O–H groups in total. The highest BCUT2D eigenvalue weighted by atomic mass is 35.6. The van der Waals surface area contributed by atoms with Crippen molar-refractivity contribution in [2.45, 2.75) is 55.2 Å². The van der Waals surface area contributed by atoms with E-state index in [0.29, 0.717) is 9.69 Å². The number of hydrogen-bond donors (Lipinski definition) is 4. The first kappa shape index (κ1) is 69.2. The number of rotatable bonds is 17. The van der Waals surface area contributed by atoms with Crippen LogP contribution in [-0.4, -0.2) is 127 Å². The summed E-state index contributed by atoms with van der Waals surface area (Å²) >= 11 is 39.4. The van der Waals surface area contributed by atoms with Crippen molar-refractivity contribution in [3.05, 3.63) is 131 Å². The third-order valence-electron chi connectivity index (χ3n) is 11.1. The number of pyridine rings is 2. The van der Waals surface area contributed by atoms with Gasteiger partial charge in [-0.1, -0.05) is 84.2 Å². The van der Waals surface area contributed by atoms with Gasteiger partial charge in [0, 0.05) is 24.2 Å². The van der Waals surface area contributed by atoms with Crippen molar-refractivity contribution in [2.24, 2.45) is 5.10 Å². The van der Waals surface area contributed by atoms with Crippen LogP contribution in [0.4, 0.5) is 23.2 Å². The summed E-state index contributed by atoms with van der Waals surface area (Å²) in [6.07, 6.45) is -5.49. The van der Waals surface area contributed by atoms with E-state index in [0.717, 1.165) is 54.4 Å². The monoisotopic (exact) mass is 1420 g/mol. The van der Waals surface area contributed by atoms with Gasteiger partial charge in [0.05, 0.1) is 73.3 Å². The number of carbonyl (C=O) groups excluding carboxylic acids is 2. The van der Waals surface area contributed by atoms with Gasteiger partial charge in [0.1, 0.15) is 16.4 Å². The van der Waals surface area contributed by atoms with E-state index in [2.05, 4.69) is 29.6 Å². The summed E-state index contributed by atoms with van der Waals surface area (Å²) in [7, 11) is -15.4. The standard InChI is InChI=1S/C26H20Cl2F2N4O8S2.C18H13Cl2F2N5O8S2.CH4.BCl3/c27-17-6-16(34-23(36)8-19(35)24(32-34)26(29)30)7-18(28)25(17)42-22-9-21(44(39,40)33-15-12-43(37,38)13-15)20(10-31-22)41-11-14-4-2-1-3-5-14;19-9-1-8(27-18(30)24-17(29)14(25-27)16(21)22)2-10(20)15(9)35-13-3-12(11(28)4-23-13)37(33,34)26-7-5-36(31,32)6-7;;2-1(3)4/h1-7,9-10,15,26,33H,8,11-13H2;1-4,7,16,26,28H,5-6H2,(H,24,29,30);1H4;. The lowest BCUT2D eigenvalue weighted by Gasteiger charge is -2.26. The predicted molar refractivity (Wildman–Crippen MR) is 309 cm³/mol. The predicted octanol–water partition coefficient (Wildman–Crippen LogP) is 7.22.